The lowest BCUT2D eigenvalue weighted by atomic mass is 10.1. The van der Waals surface area contributed by atoms with E-state index >= 15 is 0 Å². The van der Waals surface area contributed by atoms with Gasteiger partial charge < -0.3 is 10.6 Å². The lowest BCUT2D eigenvalue weighted by molar-refractivity contribution is -0.121. The third kappa shape index (κ3) is 5.83. The first-order valence-electron chi connectivity index (χ1n) is 7.90. The highest BCUT2D eigenvalue weighted by molar-refractivity contribution is 5.94. The number of carbonyl (C=O) groups is 2. The standard InChI is InChI=1S/C19H21FN2O2/c1-14-5-7-15(8-6-14)9-10-18(23)21-11-12-22-19(24)16-3-2-4-17(20)13-16/h2-8,13H,9-12H2,1H3,(H,21,23)(H,22,24). The van der Waals surface area contributed by atoms with Crippen LogP contribution in [0.2, 0.25) is 0 Å². The maximum atomic E-state index is 13.0. The van der Waals surface area contributed by atoms with Crippen molar-refractivity contribution >= 4 is 11.8 Å². The molecular formula is C19H21FN2O2. The minimum Gasteiger partial charge on any atom is -0.354 e. The van der Waals surface area contributed by atoms with Gasteiger partial charge in [-0.1, -0.05) is 35.9 Å². The third-order valence-corrected chi connectivity index (χ3v) is 3.58. The number of amides is 2. The molecule has 0 fully saturated rings. The minimum atomic E-state index is -0.452. The summed E-state index contributed by atoms with van der Waals surface area (Å²) in [5.41, 5.74) is 2.58. The highest BCUT2D eigenvalue weighted by Crippen LogP contribution is 2.05. The van der Waals surface area contributed by atoms with Crippen molar-refractivity contribution in [1.29, 1.82) is 0 Å². The minimum absolute atomic E-state index is 0.0596. The molecule has 0 atom stereocenters. The molecule has 2 rings (SSSR count). The molecule has 2 N–H and O–H groups in total. The van der Waals surface area contributed by atoms with E-state index in [1.165, 1.54) is 23.8 Å². The molecule has 0 heterocycles. The number of rotatable bonds is 7. The number of benzene rings is 2. The Morgan fingerprint density at radius 1 is 1.00 bits per heavy atom. The summed E-state index contributed by atoms with van der Waals surface area (Å²) in [4.78, 5) is 23.6. The third-order valence-electron chi connectivity index (χ3n) is 3.58. The van der Waals surface area contributed by atoms with E-state index in [2.05, 4.69) is 10.6 Å². The van der Waals surface area contributed by atoms with Crippen LogP contribution in [0.15, 0.2) is 48.5 Å². The summed E-state index contributed by atoms with van der Waals surface area (Å²) in [5, 5.41) is 5.40. The number of hydrogen-bond donors (Lipinski definition) is 2. The van der Waals surface area contributed by atoms with Crippen LogP contribution < -0.4 is 10.6 Å². The number of halogens is 1. The van der Waals surface area contributed by atoms with Crippen LogP contribution in [0.25, 0.3) is 0 Å². The fourth-order valence-electron chi connectivity index (χ4n) is 2.21. The van der Waals surface area contributed by atoms with Gasteiger partial charge in [-0.25, -0.2) is 4.39 Å². The maximum absolute atomic E-state index is 13.0. The number of hydrogen-bond acceptors (Lipinski definition) is 2. The molecule has 0 saturated heterocycles. The van der Waals surface area contributed by atoms with Gasteiger partial charge in [-0.2, -0.15) is 0 Å². The molecule has 0 aliphatic carbocycles. The Hall–Kier alpha value is -2.69. The normalized spacial score (nSPS) is 10.2. The van der Waals surface area contributed by atoms with Crippen molar-refractivity contribution in [2.24, 2.45) is 0 Å². The molecule has 0 unspecified atom stereocenters. The first-order chi connectivity index (χ1) is 11.5. The number of nitrogens with one attached hydrogen (secondary N) is 2. The van der Waals surface area contributed by atoms with Gasteiger partial charge >= 0.3 is 0 Å². The van der Waals surface area contributed by atoms with Crippen molar-refractivity contribution in [3.05, 3.63) is 71.0 Å². The van der Waals surface area contributed by atoms with Crippen molar-refractivity contribution in [2.75, 3.05) is 13.1 Å². The van der Waals surface area contributed by atoms with Gasteiger partial charge in [0.25, 0.3) is 5.91 Å². The lowest BCUT2D eigenvalue weighted by Crippen LogP contribution is -2.34. The Kier molecular flexibility index (Phi) is 6.49. The zero-order valence-electron chi connectivity index (χ0n) is 13.6. The second-order valence-corrected chi connectivity index (χ2v) is 5.60. The Balaban J connectivity index is 1.64. The first-order valence-corrected chi connectivity index (χ1v) is 7.90. The predicted molar refractivity (Wildman–Crippen MR) is 91.2 cm³/mol. The van der Waals surface area contributed by atoms with Crippen LogP contribution in [0.5, 0.6) is 0 Å². The molecule has 0 bridgehead atoms. The average molecular weight is 328 g/mol. The van der Waals surface area contributed by atoms with E-state index in [9.17, 15) is 14.0 Å². The molecule has 0 spiro atoms. The number of carbonyl (C=O) groups excluding carboxylic acids is 2. The van der Waals surface area contributed by atoms with Gasteiger partial charge in [-0.15, -0.1) is 0 Å². The Morgan fingerprint density at radius 3 is 2.42 bits per heavy atom. The fraction of sp³-hybridized carbons (Fsp3) is 0.263. The van der Waals surface area contributed by atoms with Crippen molar-refractivity contribution in [2.45, 2.75) is 19.8 Å². The van der Waals surface area contributed by atoms with E-state index in [0.717, 1.165) is 5.56 Å². The molecule has 0 saturated carbocycles. The van der Waals surface area contributed by atoms with Gasteiger partial charge in [-0.3, -0.25) is 9.59 Å². The summed E-state index contributed by atoms with van der Waals surface area (Å²) in [6.45, 7) is 2.66. The van der Waals surface area contributed by atoms with Crippen molar-refractivity contribution < 1.29 is 14.0 Å². The molecule has 126 valence electrons. The van der Waals surface area contributed by atoms with E-state index < -0.39 is 5.82 Å². The molecule has 0 aliphatic rings. The molecule has 4 nitrogen and oxygen atoms in total. The highest BCUT2D eigenvalue weighted by Gasteiger charge is 2.06. The van der Waals surface area contributed by atoms with Crippen LogP contribution in [0.4, 0.5) is 4.39 Å². The SMILES string of the molecule is Cc1ccc(CCC(=O)NCCNC(=O)c2cccc(F)c2)cc1. The van der Waals surface area contributed by atoms with E-state index in [4.69, 9.17) is 0 Å². The van der Waals surface area contributed by atoms with Gasteiger partial charge in [0.2, 0.25) is 5.91 Å². The highest BCUT2D eigenvalue weighted by atomic mass is 19.1. The summed E-state index contributed by atoms with van der Waals surface area (Å²) in [6.07, 6.45) is 1.09. The molecule has 0 aliphatic heterocycles. The molecule has 2 aromatic rings. The summed E-state index contributed by atoms with van der Waals surface area (Å²) in [7, 11) is 0. The van der Waals surface area contributed by atoms with Crippen LogP contribution >= 0.6 is 0 Å². The summed E-state index contributed by atoms with van der Waals surface area (Å²) >= 11 is 0. The zero-order valence-corrected chi connectivity index (χ0v) is 13.6. The van der Waals surface area contributed by atoms with Crippen LogP contribution in [-0.2, 0) is 11.2 Å². The quantitative estimate of drug-likeness (QED) is 0.768. The second-order valence-electron chi connectivity index (χ2n) is 5.60. The van der Waals surface area contributed by atoms with Gasteiger partial charge in [0, 0.05) is 25.1 Å². The molecule has 2 aromatic carbocycles. The van der Waals surface area contributed by atoms with Gasteiger partial charge in [0.05, 0.1) is 0 Å². The summed E-state index contributed by atoms with van der Waals surface area (Å²) in [5.74, 6) is -0.869. The Morgan fingerprint density at radius 2 is 1.71 bits per heavy atom. The largest absolute Gasteiger partial charge is 0.354 e. The topological polar surface area (TPSA) is 58.2 Å². The van der Waals surface area contributed by atoms with Crippen LogP contribution in [0.1, 0.15) is 27.9 Å². The van der Waals surface area contributed by atoms with Crippen molar-refractivity contribution in [1.82, 2.24) is 10.6 Å². The van der Waals surface area contributed by atoms with E-state index in [0.29, 0.717) is 25.9 Å². The van der Waals surface area contributed by atoms with Crippen molar-refractivity contribution in [3.63, 3.8) is 0 Å². The van der Waals surface area contributed by atoms with Gasteiger partial charge in [0.1, 0.15) is 5.82 Å². The predicted octanol–water partition coefficient (Wildman–Crippen LogP) is 2.61. The molecular weight excluding hydrogens is 307 g/mol. The van der Waals surface area contributed by atoms with Crippen molar-refractivity contribution in [3.8, 4) is 0 Å². The number of aryl methyl sites for hydroxylation is 2. The van der Waals surface area contributed by atoms with Crippen LogP contribution in [-0.4, -0.2) is 24.9 Å². The smallest absolute Gasteiger partial charge is 0.251 e. The molecule has 0 aromatic heterocycles. The Labute approximate surface area is 141 Å². The average Bonchev–Trinajstić information content (AvgIpc) is 2.58. The molecule has 5 heteroatoms. The maximum Gasteiger partial charge on any atom is 0.251 e. The lowest BCUT2D eigenvalue weighted by Gasteiger charge is -2.07. The zero-order chi connectivity index (χ0) is 17.4. The van der Waals surface area contributed by atoms with E-state index in [1.54, 1.807) is 6.07 Å². The Bertz CT molecular complexity index is 699. The molecule has 24 heavy (non-hydrogen) atoms. The summed E-state index contributed by atoms with van der Waals surface area (Å²) in [6, 6.07) is 13.6. The fourth-order valence-corrected chi connectivity index (χ4v) is 2.21. The van der Waals surface area contributed by atoms with Gasteiger partial charge in [0.15, 0.2) is 0 Å². The van der Waals surface area contributed by atoms with E-state index in [1.807, 2.05) is 31.2 Å². The first kappa shape index (κ1) is 17.7. The molecule has 0 radical (unpaired) electrons. The second kappa shape index (κ2) is 8.82. The van der Waals surface area contributed by atoms with Crippen LogP contribution in [0.3, 0.4) is 0 Å². The van der Waals surface area contributed by atoms with Gasteiger partial charge in [-0.05, 0) is 37.1 Å². The van der Waals surface area contributed by atoms with E-state index in [-0.39, 0.29) is 17.4 Å². The molecule has 2 amide bonds. The van der Waals surface area contributed by atoms with Crippen LogP contribution in [0, 0.1) is 12.7 Å². The summed E-state index contributed by atoms with van der Waals surface area (Å²) < 4.78 is 13.0. The monoisotopic (exact) mass is 328 g/mol.